The normalized spacial score (nSPS) is 15.9. The van der Waals surface area contributed by atoms with Crippen LogP contribution in [0.5, 0.6) is 0 Å². The maximum Gasteiger partial charge on any atom is 0.251 e. The third-order valence-corrected chi connectivity index (χ3v) is 4.92. The molecule has 0 saturated carbocycles. The van der Waals surface area contributed by atoms with Gasteiger partial charge in [0, 0.05) is 32.3 Å². The van der Waals surface area contributed by atoms with Crippen LogP contribution in [-0.4, -0.2) is 62.0 Å². The predicted molar refractivity (Wildman–Crippen MR) is 107 cm³/mol. The number of methoxy groups -OCH3 is 1. The second-order valence-electron chi connectivity index (χ2n) is 7.61. The Hall–Kier alpha value is -2.41. The summed E-state index contributed by atoms with van der Waals surface area (Å²) in [4.78, 5) is 39.2. The highest BCUT2D eigenvalue weighted by Gasteiger charge is 2.33. The number of nitrogens with zero attached hydrogens (tertiary/aromatic N) is 1. The first-order valence-corrected chi connectivity index (χ1v) is 9.82. The lowest BCUT2D eigenvalue weighted by atomic mass is 9.88. The van der Waals surface area contributed by atoms with E-state index in [4.69, 9.17) is 4.74 Å². The number of hydrogen-bond acceptors (Lipinski definition) is 4. The lowest BCUT2D eigenvalue weighted by Crippen LogP contribution is -2.54. The molecule has 2 rings (SSSR count). The number of carbonyl (C=O) groups is 3. The van der Waals surface area contributed by atoms with Crippen LogP contribution in [0.25, 0.3) is 0 Å². The zero-order chi connectivity index (χ0) is 20.5. The maximum absolute atomic E-state index is 12.8. The maximum atomic E-state index is 12.8. The van der Waals surface area contributed by atoms with Crippen LogP contribution in [0.3, 0.4) is 0 Å². The van der Waals surface area contributed by atoms with Gasteiger partial charge < -0.3 is 20.3 Å². The van der Waals surface area contributed by atoms with Crippen molar-refractivity contribution in [1.29, 1.82) is 0 Å². The molecule has 154 valence electrons. The number of rotatable bonds is 8. The monoisotopic (exact) mass is 389 g/mol. The van der Waals surface area contributed by atoms with E-state index in [0.29, 0.717) is 44.0 Å². The van der Waals surface area contributed by atoms with E-state index in [1.54, 1.807) is 29.2 Å². The third kappa shape index (κ3) is 6.34. The molecule has 1 aromatic rings. The molecule has 1 heterocycles. The first-order valence-electron chi connectivity index (χ1n) is 9.82. The quantitative estimate of drug-likeness (QED) is 0.704. The van der Waals surface area contributed by atoms with E-state index in [1.807, 2.05) is 19.9 Å². The molecular formula is C21H31N3O4. The SMILES string of the molecule is COCC(=O)N1CCC([C@@H](NC(=O)c2ccccc2)C(=O)NCC(C)C)CC1. The van der Waals surface area contributed by atoms with Crippen LogP contribution in [0.2, 0.25) is 0 Å². The van der Waals surface area contributed by atoms with Gasteiger partial charge in [0.15, 0.2) is 0 Å². The highest BCUT2D eigenvalue weighted by molar-refractivity contribution is 5.97. The number of ether oxygens (including phenoxy) is 1. The Labute approximate surface area is 166 Å². The van der Waals surface area contributed by atoms with Crippen LogP contribution in [0, 0.1) is 11.8 Å². The summed E-state index contributed by atoms with van der Waals surface area (Å²) < 4.78 is 4.91. The molecule has 7 heteroatoms. The zero-order valence-corrected chi connectivity index (χ0v) is 16.9. The number of benzene rings is 1. The van der Waals surface area contributed by atoms with Crippen molar-refractivity contribution in [3.63, 3.8) is 0 Å². The molecule has 3 amide bonds. The van der Waals surface area contributed by atoms with Crippen molar-refractivity contribution >= 4 is 17.7 Å². The van der Waals surface area contributed by atoms with E-state index in [2.05, 4.69) is 10.6 Å². The van der Waals surface area contributed by atoms with E-state index in [-0.39, 0.29) is 30.2 Å². The molecule has 0 radical (unpaired) electrons. The molecule has 0 aliphatic carbocycles. The summed E-state index contributed by atoms with van der Waals surface area (Å²) in [6.07, 6.45) is 1.31. The lowest BCUT2D eigenvalue weighted by Gasteiger charge is -2.35. The fourth-order valence-electron chi connectivity index (χ4n) is 3.32. The average Bonchev–Trinajstić information content (AvgIpc) is 2.71. The fraction of sp³-hybridized carbons (Fsp3) is 0.571. The van der Waals surface area contributed by atoms with Crippen molar-refractivity contribution in [2.75, 3.05) is 33.4 Å². The molecule has 0 spiro atoms. The molecule has 0 bridgehead atoms. The van der Waals surface area contributed by atoms with Crippen LogP contribution in [0.15, 0.2) is 30.3 Å². The second kappa shape index (κ2) is 10.8. The summed E-state index contributed by atoms with van der Waals surface area (Å²) >= 11 is 0. The molecule has 1 aliphatic heterocycles. The smallest absolute Gasteiger partial charge is 0.251 e. The summed E-state index contributed by atoms with van der Waals surface area (Å²) in [7, 11) is 1.50. The summed E-state index contributed by atoms with van der Waals surface area (Å²) in [5.74, 6) is -0.174. The number of carbonyl (C=O) groups excluding carboxylic acids is 3. The van der Waals surface area contributed by atoms with Gasteiger partial charge in [0.2, 0.25) is 11.8 Å². The Balaban J connectivity index is 2.05. The van der Waals surface area contributed by atoms with Crippen LogP contribution in [0.1, 0.15) is 37.0 Å². The minimum absolute atomic E-state index is 0.0218. The average molecular weight is 389 g/mol. The predicted octanol–water partition coefficient (Wildman–Crippen LogP) is 1.44. The number of amides is 3. The molecule has 0 unspecified atom stereocenters. The lowest BCUT2D eigenvalue weighted by molar-refractivity contribution is -0.136. The number of hydrogen-bond donors (Lipinski definition) is 2. The first-order chi connectivity index (χ1) is 13.4. The van der Waals surface area contributed by atoms with Crippen molar-refractivity contribution < 1.29 is 19.1 Å². The highest BCUT2D eigenvalue weighted by atomic mass is 16.5. The van der Waals surface area contributed by atoms with E-state index in [1.165, 1.54) is 7.11 Å². The molecule has 1 fully saturated rings. The van der Waals surface area contributed by atoms with Crippen molar-refractivity contribution in [2.45, 2.75) is 32.7 Å². The van der Waals surface area contributed by atoms with Gasteiger partial charge in [-0.25, -0.2) is 0 Å². The summed E-state index contributed by atoms with van der Waals surface area (Å²) in [6, 6.07) is 8.27. The zero-order valence-electron chi connectivity index (χ0n) is 16.9. The third-order valence-electron chi connectivity index (χ3n) is 4.92. The number of nitrogens with one attached hydrogen (secondary N) is 2. The minimum Gasteiger partial charge on any atom is -0.375 e. The molecule has 7 nitrogen and oxygen atoms in total. The van der Waals surface area contributed by atoms with E-state index >= 15 is 0 Å². The summed E-state index contributed by atoms with van der Waals surface area (Å²) in [5, 5.41) is 5.85. The van der Waals surface area contributed by atoms with Gasteiger partial charge in [0.1, 0.15) is 12.6 Å². The standard InChI is InChI=1S/C21H31N3O4/c1-15(2)13-22-21(27)19(23-20(26)17-7-5-4-6-8-17)16-9-11-24(12-10-16)18(25)14-28-3/h4-8,15-16,19H,9-14H2,1-3H3,(H,22,27)(H,23,26)/t19-/m1/s1. The Morgan fingerprint density at radius 1 is 1.14 bits per heavy atom. The van der Waals surface area contributed by atoms with Crippen molar-refractivity contribution in [3.05, 3.63) is 35.9 Å². The molecule has 1 saturated heterocycles. The highest BCUT2D eigenvalue weighted by Crippen LogP contribution is 2.22. The molecule has 1 atom stereocenters. The van der Waals surface area contributed by atoms with Gasteiger partial charge in [-0.3, -0.25) is 14.4 Å². The number of likely N-dealkylation sites (tertiary alicyclic amines) is 1. The van der Waals surface area contributed by atoms with Crippen LogP contribution in [0.4, 0.5) is 0 Å². The molecule has 1 aliphatic rings. The van der Waals surface area contributed by atoms with Crippen molar-refractivity contribution in [3.8, 4) is 0 Å². The van der Waals surface area contributed by atoms with Gasteiger partial charge in [-0.1, -0.05) is 32.0 Å². The van der Waals surface area contributed by atoms with Gasteiger partial charge in [0.25, 0.3) is 5.91 Å². The Bertz CT molecular complexity index is 655. The second-order valence-corrected chi connectivity index (χ2v) is 7.61. The van der Waals surface area contributed by atoms with Crippen molar-refractivity contribution in [1.82, 2.24) is 15.5 Å². The van der Waals surface area contributed by atoms with Gasteiger partial charge in [-0.05, 0) is 36.8 Å². The minimum atomic E-state index is -0.619. The Morgan fingerprint density at radius 2 is 1.79 bits per heavy atom. The summed E-state index contributed by atoms with van der Waals surface area (Å²) in [5.41, 5.74) is 0.525. The van der Waals surface area contributed by atoms with E-state index < -0.39 is 6.04 Å². The first kappa shape index (κ1) is 21.9. The molecule has 28 heavy (non-hydrogen) atoms. The molecule has 0 aromatic heterocycles. The molecular weight excluding hydrogens is 358 g/mol. The van der Waals surface area contributed by atoms with E-state index in [9.17, 15) is 14.4 Å². The fourth-order valence-corrected chi connectivity index (χ4v) is 3.32. The van der Waals surface area contributed by atoms with Crippen LogP contribution in [-0.2, 0) is 14.3 Å². The van der Waals surface area contributed by atoms with Gasteiger partial charge >= 0.3 is 0 Å². The molecule has 2 N–H and O–H groups in total. The van der Waals surface area contributed by atoms with Crippen LogP contribution < -0.4 is 10.6 Å². The van der Waals surface area contributed by atoms with E-state index in [0.717, 1.165) is 0 Å². The van der Waals surface area contributed by atoms with Crippen LogP contribution >= 0.6 is 0 Å². The topological polar surface area (TPSA) is 87.7 Å². The number of piperidine rings is 1. The van der Waals surface area contributed by atoms with Gasteiger partial charge in [-0.15, -0.1) is 0 Å². The largest absolute Gasteiger partial charge is 0.375 e. The molecule has 1 aromatic carbocycles. The summed E-state index contributed by atoms with van der Waals surface area (Å²) in [6.45, 7) is 5.79. The van der Waals surface area contributed by atoms with Crippen molar-refractivity contribution in [2.24, 2.45) is 11.8 Å². The Morgan fingerprint density at radius 3 is 2.36 bits per heavy atom. The van der Waals surface area contributed by atoms with Gasteiger partial charge in [-0.2, -0.15) is 0 Å². The Kier molecular flexibility index (Phi) is 8.44. The van der Waals surface area contributed by atoms with Gasteiger partial charge in [0.05, 0.1) is 0 Å².